The lowest BCUT2D eigenvalue weighted by molar-refractivity contribution is -0.117. The summed E-state index contributed by atoms with van der Waals surface area (Å²) in [5.41, 5.74) is 0.912. The second kappa shape index (κ2) is 9.01. The monoisotopic (exact) mass is 285 g/mol. The van der Waals surface area contributed by atoms with E-state index in [4.69, 9.17) is 5.11 Å². The Morgan fingerprint density at radius 3 is 2.84 bits per heavy atom. The Morgan fingerprint density at radius 2 is 2.26 bits per heavy atom. The third kappa shape index (κ3) is 6.66. The van der Waals surface area contributed by atoms with Crippen molar-refractivity contribution >= 4 is 22.4 Å². The van der Waals surface area contributed by atoms with E-state index in [0.29, 0.717) is 18.2 Å². The number of hydrogen-bond acceptors (Lipinski definition) is 5. The molecule has 0 saturated heterocycles. The highest BCUT2D eigenvalue weighted by atomic mass is 32.1. The molecule has 5 nitrogen and oxygen atoms in total. The molecular formula is C13H23N3O2S. The minimum atomic E-state index is -0.0701. The van der Waals surface area contributed by atoms with Crippen molar-refractivity contribution in [3.05, 3.63) is 11.1 Å². The van der Waals surface area contributed by atoms with Crippen LogP contribution in [0.1, 0.15) is 31.9 Å². The number of carbonyl (C=O) groups excluding carboxylic acids is 1. The molecule has 0 spiro atoms. The van der Waals surface area contributed by atoms with Crippen LogP contribution in [-0.4, -0.2) is 47.1 Å². The largest absolute Gasteiger partial charge is 0.395 e. The van der Waals surface area contributed by atoms with E-state index in [1.165, 1.54) is 11.3 Å². The number of unbranched alkanes of at least 4 members (excludes halogenated alkanes) is 2. The molecule has 0 aromatic carbocycles. The highest BCUT2D eigenvalue weighted by Gasteiger charge is 2.11. The first-order chi connectivity index (χ1) is 9.15. The number of nitrogens with zero attached hydrogens (tertiary/aromatic N) is 2. The summed E-state index contributed by atoms with van der Waals surface area (Å²) in [7, 11) is 0. The van der Waals surface area contributed by atoms with Crippen molar-refractivity contribution in [3.8, 4) is 0 Å². The van der Waals surface area contributed by atoms with E-state index >= 15 is 0 Å². The van der Waals surface area contributed by atoms with Gasteiger partial charge in [-0.1, -0.05) is 19.8 Å². The smallest absolute Gasteiger partial charge is 0.240 e. The van der Waals surface area contributed by atoms with Gasteiger partial charge in [-0.2, -0.15) is 0 Å². The second-order valence-corrected chi connectivity index (χ2v) is 5.41. The molecule has 0 fully saturated rings. The molecule has 0 aliphatic carbocycles. The fraction of sp³-hybridized carbons (Fsp3) is 0.692. The fourth-order valence-corrected chi connectivity index (χ4v) is 2.47. The van der Waals surface area contributed by atoms with Crippen molar-refractivity contribution in [2.24, 2.45) is 0 Å². The van der Waals surface area contributed by atoms with Crippen molar-refractivity contribution in [1.29, 1.82) is 0 Å². The average Bonchev–Trinajstić information content (AvgIpc) is 2.75. The fourth-order valence-electron chi connectivity index (χ4n) is 1.77. The van der Waals surface area contributed by atoms with E-state index in [-0.39, 0.29) is 12.5 Å². The minimum Gasteiger partial charge on any atom is -0.395 e. The van der Waals surface area contributed by atoms with Gasteiger partial charge in [0, 0.05) is 11.9 Å². The van der Waals surface area contributed by atoms with Crippen LogP contribution in [0.2, 0.25) is 0 Å². The van der Waals surface area contributed by atoms with Crippen molar-refractivity contribution in [1.82, 2.24) is 9.88 Å². The van der Waals surface area contributed by atoms with Gasteiger partial charge in [0.25, 0.3) is 0 Å². The number of nitrogens with one attached hydrogen (secondary N) is 1. The number of anilines is 1. The second-order valence-electron chi connectivity index (χ2n) is 4.55. The van der Waals surface area contributed by atoms with Gasteiger partial charge in [-0.05, 0) is 19.9 Å². The van der Waals surface area contributed by atoms with Crippen LogP contribution in [0.5, 0.6) is 0 Å². The van der Waals surface area contributed by atoms with Crippen LogP contribution in [0.3, 0.4) is 0 Å². The van der Waals surface area contributed by atoms with Crippen LogP contribution in [0.25, 0.3) is 0 Å². The van der Waals surface area contributed by atoms with Gasteiger partial charge in [-0.3, -0.25) is 9.69 Å². The van der Waals surface area contributed by atoms with Crippen LogP contribution in [0, 0.1) is 6.92 Å². The molecule has 19 heavy (non-hydrogen) atoms. The molecule has 1 amide bonds. The average molecular weight is 285 g/mol. The van der Waals surface area contributed by atoms with Gasteiger partial charge in [-0.15, -0.1) is 11.3 Å². The number of rotatable bonds is 9. The predicted octanol–water partition coefficient (Wildman–Crippen LogP) is 1.87. The molecule has 6 heteroatoms. The summed E-state index contributed by atoms with van der Waals surface area (Å²) < 4.78 is 0. The van der Waals surface area contributed by atoms with Crippen LogP contribution in [0.4, 0.5) is 5.13 Å². The molecule has 1 heterocycles. The third-order valence-corrected chi connectivity index (χ3v) is 3.60. The summed E-state index contributed by atoms with van der Waals surface area (Å²) in [6.45, 7) is 5.81. The summed E-state index contributed by atoms with van der Waals surface area (Å²) in [6, 6.07) is 0. The minimum absolute atomic E-state index is 0.0701. The molecule has 0 atom stereocenters. The number of hydrogen-bond donors (Lipinski definition) is 2. The first-order valence-electron chi connectivity index (χ1n) is 6.71. The lowest BCUT2D eigenvalue weighted by Crippen LogP contribution is -2.36. The van der Waals surface area contributed by atoms with E-state index in [0.717, 1.165) is 31.5 Å². The van der Waals surface area contributed by atoms with E-state index in [2.05, 4.69) is 17.2 Å². The van der Waals surface area contributed by atoms with E-state index in [9.17, 15) is 4.79 Å². The summed E-state index contributed by atoms with van der Waals surface area (Å²) in [6.07, 6.45) is 3.35. The normalized spacial score (nSPS) is 10.9. The Hall–Kier alpha value is -0.980. The maximum Gasteiger partial charge on any atom is 0.240 e. The number of carbonyl (C=O) groups is 1. The highest BCUT2D eigenvalue weighted by molar-refractivity contribution is 7.13. The Kier molecular flexibility index (Phi) is 7.62. The first kappa shape index (κ1) is 16.1. The van der Waals surface area contributed by atoms with E-state index in [1.807, 2.05) is 17.2 Å². The zero-order valence-electron chi connectivity index (χ0n) is 11.7. The van der Waals surface area contributed by atoms with Crippen molar-refractivity contribution < 1.29 is 9.90 Å². The number of aliphatic hydroxyl groups is 1. The lowest BCUT2D eigenvalue weighted by Gasteiger charge is -2.20. The summed E-state index contributed by atoms with van der Waals surface area (Å²) >= 11 is 1.43. The standard InChI is InChI=1S/C13H23N3O2S/c1-3-4-5-6-16(7-8-17)9-12(18)15-13-14-11(2)10-19-13/h10,17H,3-9H2,1-2H3,(H,14,15,18). The zero-order chi connectivity index (χ0) is 14.1. The molecule has 0 aliphatic rings. The molecule has 0 radical (unpaired) electrons. The predicted molar refractivity (Wildman–Crippen MR) is 78.5 cm³/mol. The summed E-state index contributed by atoms with van der Waals surface area (Å²) in [4.78, 5) is 18.0. The maximum atomic E-state index is 11.9. The van der Waals surface area contributed by atoms with Gasteiger partial charge < -0.3 is 10.4 Å². The summed E-state index contributed by atoms with van der Waals surface area (Å²) in [5, 5.41) is 14.3. The Morgan fingerprint density at radius 1 is 1.47 bits per heavy atom. The van der Waals surface area contributed by atoms with Gasteiger partial charge in [-0.25, -0.2) is 4.98 Å². The molecule has 108 valence electrons. The van der Waals surface area contributed by atoms with Gasteiger partial charge in [0.05, 0.1) is 18.8 Å². The van der Waals surface area contributed by atoms with E-state index in [1.54, 1.807) is 0 Å². The van der Waals surface area contributed by atoms with Gasteiger partial charge >= 0.3 is 0 Å². The molecule has 1 aromatic rings. The number of thiazole rings is 1. The Balaban J connectivity index is 2.37. The van der Waals surface area contributed by atoms with Crippen LogP contribution >= 0.6 is 11.3 Å². The molecule has 0 bridgehead atoms. The van der Waals surface area contributed by atoms with Crippen molar-refractivity contribution in [2.45, 2.75) is 33.1 Å². The molecule has 0 unspecified atom stereocenters. The molecule has 0 saturated carbocycles. The van der Waals surface area contributed by atoms with Gasteiger partial charge in [0.2, 0.25) is 5.91 Å². The molecule has 0 aliphatic heterocycles. The number of aliphatic hydroxyl groups excluding tert-OH is 1. The Bertz CT molecular complexity index is 382. The molecule has 1 rings (SSSR count). The summed E-state index contributed by atoms with van der Waals surface area (Å²) in [5.74, 6) is -0.0701. The van der Waals surface area contributed by atoms with Crippen molar-refractivity contribution in [3.63, 3.8) is 0 Å². The topological polar surface area (TPSA) is 65.5 Å². The molecule has 1 aromatic heterocycles. The number of aryl methyl sites for hydroxylation is 1. The van der Waals surface area contributed by atoms with Gasteiger partial charge in [0.1, 0.15) is 0 Å². The lowest BCUT2D eigenvalue weighted by atomic mass is 10.2. The number of aromatic nitrogens is 1. The van der Waals surface area contributed by atoms with E-state index < -0.39 is 0 Å². The SMILES string of the molecule is CCCCCN(CCO)CC(=O)Nc1nc(C)cs1. The van der Waals surface area contributed by atoms with Crippen LogP contribution < -0.4 is 5.32 Å². The third-order valence-electron chi connectivity index (χ3n) is 2.73. The molecular weight excluding hydrogens is 262 g/mol. The van der Waals surface area contributed by atoms with Gasteiger partial charge in [0.15, 0.2) is 5.13 Å². The maximum absolute atomic E-state index is 11.9. The van der Waals surface area contributed by atoms with Crippen LogP contribution in [-0.2, 0) is 4.79 Å². The Labute approximate surface area is 118 Å². The highest BCUT2D eigenvalue weighted by Crippen LogP contribution is 2.14. The van der Waals surface area contributed by atoms with Crippen LogP contribution in [0.15, 0.2) is 5.38 Å². The van der Waals surface area contributed by atoms with Crippen molar-refractivity contribution in [2.75, 3.05) is 31.6 Å². The number of amides is 1. The zero-order valence-corrected chi connectivity index (χ0v) is 12.5. The quantitative estimate of drug-likeness (QED) is 0.680. The first-order valence-corrected chi connectivity index (χ1v) is 7.59. The molecule has 2 N–H and O–H groups in total.